The van der Waals surface area contributed by atoms with Crippen molar-refractivity contribution < 1.29 is 14.6 Å². The second-order valence-electron chi connectivity index (χ2n) is 4.85. The van der Waals surface area contributed by atoms with Crippen molar-refractivity contribution in [2.45, 2.75) is 31.7 Å². The fraction of sp³-hybridized carbons (Fsp3) is 0.500. The summed E-state index contributed by atoms with van der Waals surface area (Å²) in [7, 11) is 0. The molecule has 0 radical (unpaired) electrons. The quantitative estimate of drug-likeness (QED) is 0.569. The summed E-state index contributed by atoms with van der Waals surface area (Å²) in [5, 5.41) is 13.0. The summed E-state index contributed by atoms with van der Waals surface area (Å²) in [5.41, 5.74) is 6.08. The molecule has 0 bridgehead atoms. The van der Waals surface area contributed by atoms with Crippen LogP contribution in [0, 0.1) is 0 Å². The van der Waals surface area contributed by atoms with Gasteiger partial charge in [0.25, 0.3) is 0 Å². The van der Waals surface area contributed by atoms with Gasteiger partial charge in [-0.25, -0.2) is 4.79 Å². The van der Waals surface area contributed by atoms with Crippen molar-refractivity contribution in [3.63, 3.8) is 0 Å². The molecule has 0 saturated carbocycles. The van der Waals surface area contributed by atoms with E-state index in [0.717, 1.165) is 19.4 Å². The minimum Gasteiger partial charge on any atom is -0.507 e. The Morgan fingerprint density at radius 2 is 2.32 bits per heavy atom. The van der Waals surface area contributed by atoms with Gasteiger partial charge < -0.3 is 20.9 Å². The first-order valence-corrected chi connectivity index (χ1v) is 6.66. The van der Waals surface area contributed by atoms with Gasteiger partial charge in [-0.3, -0.25) is 0 Å². The van der Waals surface area contributed by atoms with Crippen molar-refractivity contribution in [3.8, 4) is 5.75 Å². The molecule has 1 heterocycles. The van der Waals surface area contributed by atoms with Crippen LogP contribution in [0.3, 0.4) is 0 Å². The number of benzene rings is 1. The van der Waals surface area contributed by atoms with Gasteiger partial charge in [0, 0.05) is 17.8 Å². The largest absolute Gasteiger partial charge is 0.507 e. The van der Waals surface area contributed by atoms with Crippen molar-refractivity contribution in [2.24, 2.45) is 0 Å². The summed E-state index contributed by atoms with van der Waals surface area (Å²) in [6, 6.07) is 4.83. The lowest BCUT2D eigenvalue weighted by Gasteiger charge is -2.23. The number of esters is 1. The predicted octanol–water partition coefficient (Wildman–Crippen LogP) is 1.66. The Balaban J connectivity index is 1.80. The molecule has 4 N–H and O–H groups in total. The van der Waals surface area contributed by atoms with Crippen molar-refractivity contribution >= 4 is 11.7 Å². The number of carbonyl (C=O) groups is 1. The Morgan fingerprint density at radius 3 is 3.00 bits per heavy atom. The lowest BCUT2D eigenvalue weighted by molar-refractivity contribution is 0.0483. The fourth-order valence-corrected chi connectivity index (χ4v) is 2.26. The third-order valence-corrected chi connectivity index (χ3v) is 3.35. The van der Waals surface area contributed by atoms with Gasteiger partial charge in [-0.1, -0.05) is 6.42 Å². The minimum absolute atomic E-state index is 0.138. The third-order valence-electron chi connectivity index (χ3n) is 3.35. The van der Waals surface area contributed by atoms with Gasteiger partial charge in [-0.2, -0.15) is 0 Å². The maximum atomic E-state index is 11.8. The average Bonchev–Trinajstić information content (AvgIpc) is 2.39. The molecule has 1 saturated heterocycles. The van der Waals surface area contributed by atoms with Crippen LogP contribution in [0.15, 0.2) is 18.2 Å². The van der Waals surface area contributed by atoms with Gasteiger partial charge in [0.1, 0.15) is 11.3 Å². The lowest BCUT2D eigenvalue weighted by atomic mass is 10.0. The van der Waals surface area contributed by atoms with Crippen molar-refractivity contribution in [1.82, 2.24) is 5.32 Å². The van der Waals surface area contributed by atoms with E-state index in [4.69, 9.17) is 10.5 Å². The Bertz CT molecular complexity index is 442. The number of ether oxygens (including phenoxy) is 1. The van der Waals surface area contributed by atoms with Crippen LogP contribution in [0.25, 0.3) is 0 Å². The summed E-state index contributed by atoms with van der Waals surface area (Å²) < 4.78 is 5.17. The molecule has 1 aromatic rings. The summed E-state index contributed by atoms with van der Waals surface area (Å²) >= 11 is 0. The Labute approximate surface area is 112 Å². The monoisotopic (exact) mass is 264 g/mol. The van der Waals surface area contributed by atoms with E-state index in [1.54, 1.807) is 6.07 Å². The Morgan fingerprint density at radius 1 is 1.47 bits per heavy atom. The summed E-state index contributed by atoms with van der Waals surface area (Å²) in [4.78, 5) is 11.8. The maximum absolute atomic E-state index is 11.8. The average molecular weight is 264 g/mol. The third kappa shape index (κ3) is 3.86. The van der Waals surface area contributed by atoms with E-state index in [-0.39, 0.29) is 11.3 Å². The summed E-state index contributed by atoms with van der Waals surface area (Å²) in [5.74, 6) is -0.644. The zero-order chi connectivity index (χ0) is 13.7. The van der Waals surface area contributed by atoms with Crippen molar-refractivity contribution in [2.75, 3.05) is 18.9 Å². The molecule has 5 heteroatoms. The summed E-state index contributed by atoms with van der Waals surface area (Å²) in [6.07, 6.45) is 4.38. The molecule has 0 aromatic heterocycles. The number of anilines is 1. The maximum Gasteiger partial charge on any atom is 0.341 e. The van der Waals surface area contributed by atoms with Crippen LogP contribution < -0.4 is 11.1 Å². The number of rotatable bonds is 4. The van der Waals surface area contributed by atoms with E-state index >= 15 is 0 Å². The van der Waals surface area contributed by atoms with E-state index in [1.165, 1.54) is 25.0 Å². The molecule has 1 aromatic carbocycles. The van der Waals surface area contributed by atoms with Crippen LogP contribution >= 0.6 is 0 Å². The van der Waals surface area contributed by atoms with E-state index in [9.17, 15) is 9.90 Å². The first kappa shape index (κ1) is 13.7. The molecule has 0 spiro atoms. The predicted molar refractivity (Wildman–Crippen MR) is 73.1 cm³/mol. The van der Waals surface area contributed by atoms with Crippen LogP contribution in [-0.2, 0) is 4.74 Å². The smallest absolute Gasteiger partial charge is 0.341 e. The number of hydrogen-bond donors (Lipinski definition) is 3. The number of phenols is 1. The van der Waals surface area contributed by atoms with Gasteiger partial charge in [0.2, 0.25) is 0 Å². The topological polar surface area (TPSA) is 84.6 Å². The highest BCUT2D eigenvalue weighted by atomic mass is 16.5. The molecule has 1 aliphatic heterocycles. The number of nitrogens with two attached hydrogens (primary N) is 1. The number of piperidine rings is 1. The molecule has 1 unspecified atom stereocenters. The molecule has 5 nitrogen and oxygen atoms in total. The first-order chi connectivity index (χ1) is 9.16. The van der Waals surface area contributed by atoms with Crippen LogP contribution in [0.1, 0.15) is 36.0 Å². The van der Waals surface area contributed by atoms with Gasteiger partial charge in [0.15, 0.2) is 0 Å². The van der Waals surface area contributed by atoms with E-state index in [0.29, 0.717) is 18.3 Å². The van der Waals surface area contributed by atoms with Crippen LogP contribution in [-0.4, -0.2) is 30.3 Å². The number of aromatic hydroxyl groups is 1. The second-order valence-corrected chi connectivity index (χ2v) is 4.85. The van der Waals surface area contributed by atoms with Crippen LogP contribution in [0.2, 0.25) is 0 Å². The van der Waals surface area contributed by atoms with Crippen molar-refractivity contribution in [1.29, 1.82) is 0 Å². The fourth-order valence-electron chi connectivity index (χ4n) is 2.26. The minimum atomic E-state index is -0.506. The molecule has 0 amide bonds. The highest BCUT2D eigenvalue weighted by molar-refractivity contribution is 5.92. The number of nitrogen functional groups attached to an aromatic ring is 1. The van der Waals surface area contributed by atoms with E-state index < -0.39 is 5.97 Å². The molecule has 19 heavy (non-hydrogen) atoms. The number of phenolic OH excluding ortho intramolecular Hbond substituents is 1. The molecule has 1 aliphatic rings. The van der Waals surface area contributed by atoms with Gasteiger partial charge in [-0.05, 0) is 37.9 Å². The second kappa shape index (κ2) is 6.43. The number of hydrogen-bond acceptors (Lipinski definition) is 5. The van der Waals surface area contributed by atoms with Gasteiger partial charge in [0.05, 0.1) is 6.61 Å². The molecule has 104 valence electrons. The van der Waals surface area contributed by atoms with E-state index in [2.05, 4.69) is 5.32 Å². The Kier molecular flexibility index (Phi) is 4.63. The van der Waals surface area contributed by atoms with E-state index in [1.807, 2.05) is 0 Å². The Hall–Kier alpha value is -1.75. The first-order valence-electron chi connectivity index (χ1n) is 6.66. The highest BCUT2D eigenvalue weighted by Gasteiger charge is 2.15. The zero-order valence-corrected chi connectivity index (χ0v) is 10.9. The van der Waals surface area contributed by atoms with Crippen molar-refractivity contribution in [3.05, 3.63) is 23.8 Å². The number of nitrogens with one attached hydrogen (secondary N) is 1. The SMILES string of the molecule is Nc1ccc(C(=O)OCCC2CCCCN2)c(O)c1. The molecule has 1 atom stereocenters. The summed E-state index contributed by atoms with van der Waals surface area (Å²) in [6.45, 7) is 1.40. The zero-order valence-electron chi connectivity index (χ0n) is 10.9. The van der Waals surface area contributed by atoms with Crippen LogP contribution in [0.5, 0.6) is 5.75 Å². The lowest BCUT2D eigenvalue weighted by Crippen LogP contribution is -2.35. The van der Waals surface area contributed by atoms with Gasteiger partial charge in [-0.15, -0.1) is 0 Å². The highest BCUT2D eigenvalue weighted by Crippen LogP contribution is 2.21. The number of carbonyl (C=O) groups excluding carboxylic acids is 1. The van der Waals surface area contributed by atoms with Crippen LogP contribution in [0.4, 0.5) is 5.69 Å². The standard InChI is InChI=1S/C14H20N2O3/c15-10-4-5-12(13(17)9-10)14(18)19-8-6-11-3-1-2-7-16-11/h4-5,9,11,16-17H,1-3,6-8,15H2. The van der Waals surface area contributed by atoms with Gasteiger partial charge >= 0.3 is 5.97 Å². The molecule has 0 aliphatic carbocycles. The molecular weight excluding hydrogens is 244 g/mol. The molecule has 2 rings (SSSR count). The molecule has 1 fully saturated rings. The molecular formula is C14H20N2O3. The normalized spacial score (nSPS) is 19.1.